The van der Waals surface area contributed by atoms with Crippen LogP contribution in [0.1, 0.15) is 0 Å². The van der Waals surface area contributed by atoms with Crippen molar-refractivity contribution in [1.29, 1.82) is 0 Å². The lowest BCUT2D eigenvalue weighted by atomic mass is 10.3. The summed E-state index contributed by atoms with van der Waals surface area (Å²) in [5, 5.41) is 0. The summed E-state index contributed by atoms with van der Waals surface area (Å²) in [6, 6.07) is 0. The minimum absolute atomic E-state index is 1.61. The SMILES string of the molecule is FC(F)=C(F)C(F)(F)OC(F)(C(F)(F)F)C(F)(F)F. The Bertz CT molecular complexity index is 343. The topological polar surface area (TPSA) is 9.23 Å². The Balaban J connectivity index is 5.71. The van der Waals surface area contributed by atoms with Crippen LogP contribution < -0.4 is 0 Å². The van der Waals surface area contributed by atoms with Crippen molar-refractivity contribution in [3.05, 3.63) is 11.9 Å². The molecule has 0 N–H and O–H groups in total. The second-order valence-corrected chi connectivity index (χ2v) is 2.78. The Kier molecular flexibility index (Phi) is 4.47. The fourth-order valence-electron chi connectivity index (χ4n) is 0.608. The van der Waals surface area contributed by atoms with Gasteiger partial charge in [0.05, 0.1) is 0 Å². The van der Waals surface area contributed by atoms with Gasteiger partial charge in [0, 0.05) is 0 Å². The van der Waals surface area contributed by atoms with E-state index in [0.717, 1.165) is 0 Å². The van der Waals surface area contributed by atoms with Crippen LogP contribution in [-0.2, 0) is 4.74 Å². The summed E-state index contributed by atoms with van der Waals surface area (Å²) in [6.45, 7) is 0. The minimum Gasteiger partial charge on any atom is -0.261 e. The first kappa shape index (κ1) is 17.9. The third-order valence-corrected chi connectivity index (χ3v) is 1.42. The number of alkyl halides is 9. The van der Waals surface area contributed by atoms with Gasteiger partial charge in [-0.05, 0) is 0 Å². The highest BCUT2D eigenvalue weighted by Gasteiger charge is 2.77. The summed E-state index contributed by atoms with van der Waals surface area (Å²) in [5.41, 5.74) is 0. The van der Waals surface area contributed by atoms with E-state index in [0.29, 0.717) is 0 Å². The maximum Gasteiger partial charge on any atom is 0.458 e. The van der Waals surface area contributed by atoms with Crippen molar-refractivity contribution in [1.82, 2.24) is 0 Å². The summed E-state index contributed by atoms with van der Waals surface area (Å²) in [6.07, 6.45) is -24.7. The summed E-state index contributed by atoms with van der Waals surface area (Å²) >= 11 is 0. The van der Waals surface area contributed by atoms with Crippen LogP contribution in [0.4, 0.5) is 52.7 Å². The zero-order valence-electron chi connectivity index (χ0n) is 7.94. The lowest BCUT2D eigenvalue weighted by Crippen LogP contribution is -2.58. The van der Waals surface area contributed by atoms with Gasteiger partial charge in [0.1, 0.15) is 0 Å². The third-order valence-electron chi connectivity index (χ3n) is 1.42. The molecule has 0 radical (unpaired) electrons. The first-order valence-electron chi connectivity index (χ1n) is 3.68. The van der Waals surface area contributed by atoms with E-state index in [-0.39, 0.29) is 0 Å². The van der Waals surface area contributed by atoms with E-state index in [9.17, 15) is 52.7 Å². The molecule has 19 heavy (non-hydrogen) atoms. The van der Waals surface area contributed by atoms with Crippen LogP contribution in [0, 0.1) is 0 Å². The molecule has 0 atom stereocenters. The molecule has 0 aromatic carbocycles. The normalized spacial score (nSPS) is 14.5. The fourth-order valence-corrected chi connectivity index (χ4v) is 0.608. The predicted octanol–water partition coefficient (Wildman–Crippen LogP) is 4.46. The molecular weight excluding hydrogens is 316 g/mol. The third kappa shape index (κ3) is 3.45. The molecule has 13 heteroatoms. The zero-order chi connectivity index (χ0) is 15.9. The van der Waals surface area contributed by atoms with E-state index in [4.69, 9.17) is 0 Å². The van der Waals surface area contributed by atoms with Crippen LogP contribution in [0.5, 0.6) is 0 Å². The molecular formula is C6F12O. The Morgan fingerprint density at radius 3 is 1.16 bits per heavy atom. The van der Waals surface area contributed by atoms with Gasteiger partial charge < -0.3 is 0 Å². The lowest BCUT2D eigenvalue weighted by Gasteiger charge is -2.31. The first-order chi connectivity index (χ1) is 8.06. The maximum absolute atomic E-state index is 12.5. The standard InChI is InChI=1S/C6F12O/c7-1(2(8)9)3(10,11)19-4(12,5(13,14)15)6(16,17)18. The van der Waals surface area contributed by atoms with Crippen molar-refractivity contribution in [2.45, 2.75) is 24.3 Å². The van der Waals surface area contributed by atoms with Gasteiger partial charge >= 0.3 is 30.4 Å². The summed E-state index contributed by atoms with van der Waals surface area (Å²) < 4.78 is 144. The predicted molar refractivity (Wildman–Crippen MR) is 32.3 cm³/mol. The largest absolute Gasteiger partial charge is 0.458 e. The molecule has 0 unspecified atom stereocenters. The van der Waals surface area contributed by atoms with Crippen molar-refractivity contribution < 1.29 is 57.4 Å². The number of hydrogen-bond donors (Lipinski definition) is 0. The van der Waals surface area contributed by atoms with Gasteiger partial charge in [0.15, 0.2) is 0 Å². The molecule has 0 fully saturated rings. The molecule has 114 valence electrons. The highest BCUT2D eigenvalue weighted by Crippen LogP contribution is 2.50. The van der Waals surface area contributed by atoms with Gasteiger partial charge in [-0.25, -0.2) is 0 Å². The highest BCUT2D eigenvalue weighted by molar-refractivity contribution is 5.02. The van der Waals surface area contributed by atoms with E-state index >= 15 is 0 Å². The number of hydrogen-bond acceptors (Lipinski definition) is 1. The minimum atomic E-state index is -7.11. The monoisotopic (exact) mass is 316 g/mol. The Morgan fingerprint density at radius 1 is 0.632 bits per heavy atom. The quantitative estimate of drug-likeness (QED) is 0.698. The molecule has 0 rings (SSSR count). The van der Waals surface area contributed by atoms with Crippen LogP contribution in [-0.4, -0.2) is 24.3 Å². The summed E-state index contributed by atoms with van der Waals surface area (Å²) in [7, 11) is 0. The van der Waals surface area contributed by atoms with E-state index in [1.807, 2.05) is 0 Å². The van der Waals surface area contributed by atoms with Gasteiger partial charge in [0.2, 0.25) is 0 Å². The number of ether oxygens (including phenoxy) is 1. The van der Waals surface area contributed by atoms with Crippen LogP contribution in [0.15, 0.2) is 11.9 Å². The molecule has 1 nitrogen and oxygen atoms in total. The second kappa shape index (κ2) is 4.76. The number of halogens is 12. The molecule has 0 aromatic rings. The molecule has 0 heterocycles. The van der Waals surface area contributed by atoms with Gasteiger partial charge in [-0.2, -0.15) is 52.7 Å². The summed E-state index contributed by atoms with van der Waals surface area (Å²) in [4.78, 5) is 0. The molecule has 0 bridgehead atoms. The zero-order valence-corrected chi connectivity index (χ0v) is 7.94. The maximum atomic E-state index is 12.5. The van der Waals surface area contributed by atoms with Crippen molar-refractivity contribution in [2.75, 3.05) is 0 Å². The van der Waals surface area contributed by atoms with E-state index < -0.39 is 36.2 Å². The van der Waals surface area contributed by atoms with Crippen LogP contribution in [0.2, 0.25) is 0 Å². The highest BCUT2D eigenvalue weighted by atomic mass is 19.4. The molecule has 0 spiro atoms. The van der Waals surface area contributed by atoms with E-state index in [1.54, 1.807) is 4.74 Å². The molecule has 0 aromatic heterocycles. The van der Waals surface area contributed by atoms with Crippen molar-refractivity contribution in [3.63, 3.8) is 0 Å². The average Bonchev–Trinajstić information content (AvgIpc) is 2.11. The molecule has 0 aliphatic carbocycles. The van der Waals surface area contributed by atoms with Crippen LogP contribution >= 0.6 is 0 Å². The molecule has 0 amide bonds. The van der Waals surface area contributed by atoms with E-state index in [1.165, 1.54) is 0 Å². The molecule has 0 aliphatic heterocycles. The van der Waals surface area contributed by atoms with Crippen LogP contribution in [0.3, 0.4) is 0 Å². The smallest absolute Gasteiger partial charge is 0.261 e. The summed E-state index contributed by atoms with van der Waals surface area (Å²) in [5.74, 6) is -11.1. The lowest BCUT2D eigenvalue weighted by molar-refractivity contribution is -0.475. The Morgan fingerprint density at radius 2 is 0.947 bits per heavy atom. The Hall–Kier alpha value is -1.14. The average molecular weight is 316 g/mol. The first-order valence-corrected chi connectivity index (χ1v) is 3.68. The van der Waals surface area contributed by atoms with Crippen molar-refractivity contribution in [3.8, 4) is 0 Å². The van der Waals surface area contributed by atoms with E-state index in [2.05, 4.69) is 0 Å². The number of rotatable bonds is 3. The molecule has 0 saturated carbocycles. The molecule has 0 saturated heterocycles. The van der Waals surface area contributed by atoms with Gasteiger partial charge in [-0.3, -0.25) is 4.74 Å². The van der Waals surface area contributed by atoms with Crippen molar-refractivity contribution >= 4 is 0 Å². The molecule has 0 aliphatic rings. The Labute approximate surface area is 95.0 Å². The van der Waals surface area contributed by atoms with Crippen LogP contribution in [0.25, 0.3) is 0 Å². The fraction of sp³-hybridized carbons (Fsp3) is 0.667. The van der Waals surface area contributed by atoms with Gasteiger partial charge in [-0.1, -0.05) is 0 Å². The van der Waals surface area contributed by atoms with Gasteiger partial charge in [-0.15, -0.1) is 0 Å². The van der Waals surface area contributed by atoms with Gasteiger partial charge in [0.25, 0.3) is 5.83 Å². The van der Waals surface area contributed by atoms with Crippen molar-refractivity contribution in [2.24, 2.45) is 0 Å². The second-order valence-electron chi connectivity index (χ2n) is 2.78.